The lowest BCUT2D eigenvalue weighted by molar-refractivity contribution is -0.119. The summed E-state index contributed by atoms with van der Waals surface area (Å²) in [5.41, 5.74) is 0. The van der Waals surface area contributed by atoms with Gasteiger partial charge < -0.3 is 10.1 Å². The Morgan fingerprint density at radius 2 is 2.10 bits per heavy atom. The second-order valence-corrected chi connectivity index (χ2v) is 7.42. The van der Waals surface area contributed by atoms with Crippen LogP contribution in [0.15, 0.2) is 4.34 Å². The Kier molecular flexibility index (Phi) is 8.68. The molecule has 0 bridgehead atoms. The molecule has 0 aliphatic heterocycles. The number of hydrogen-bond acceptors (Lipinski definition) is 6. The first-order valence-corrected chi connectivity index (χ1v) is 9.23. The summed E-state index contributed by atoms with van der Waals surface area (Å²) in [6, 6.07) is 0.235. The third-order valence-electron chi connectivity index (χ3n) is 2.70. The first kappa shape index (κ1) is 18.2. The molecule has 0 aliphatic rings. The van der Waals surface area contributed by atoms with Gasteiger partial charge in [-0.1, -0.05) is 43.0 Å². The number of unbranched alkanes of at least 4 members (excludes halogenated alkanes) is 2. The van der Waals surface area contributed by atoms with Crippen LogP contribution in [0.2, 0.25) is 0 Å². The van der Waals surface area contributed by atoms with Gasteiger partial charge in [-0.25, -0.2) is 0 Å². The molecule has 7 heteroatoms. The lowest BCUT2D eigenvalue weighted by atomic mass is 10.1. The van der Waals surface area contributed by atoms with Gasteiger partial charge in [-0.05, 0) is 38.5 Å². The molecular weight excluding hydrogens is 306 g/mol. The Morgan fingerprint density at radius 1 is 1.33 bits per heavy atom. The fraction of sp³-hybridized carbons (Fsp3) is 0.786. The van der Waals surface area contributed by atoms with Crippen LogP contribution < -0.4 is 10.1 Å². The van der Waals surface area contributed by atoms with Crippen molar-refractivity contribution in [1.82, 2.24) is 15.5 Å². The minimum absolute atomic E-state index is 0.0468. The number of nitrogens with zero attached hydrogens (tertiary/aromatic N) is 2. The zero-order valence-electron chi connectivity index (χ0n) is 13.2. The number of thioether (sulfide) groups is 1. The minimum atomic E-state index is 0.0468. The Balaban J connectivity index is 2.24. The highest BCUT2D eigenvalue weighted by atomic mass is 32.2. The third-order valence-corrected chi connectivity index (χ3v) is 4.65. The van der Waals surface area contributed by atoms with Crippen LogP contribution in [0, 0.1) is 0 Å². The highest BCUT2D eigenvalue weighted by Crippen LogP contribution is 2.27. The zero-order chi connectivity index (χ0) is 15.7. The molecule has 1 unspecified atom stereocenters. The zero-order valence-corrected chi connectivity index (χ0v) is 14.9. The van der Waals surface area contributed by atoms with E-state index in [2.05, 4.69) is 29.4 Å². The molecule has 0 saturated heterocycles. The lowest BCUT2D eigenvalue weighted by Gasteiger charge is -2.12. The summed E-state index contributed by atoms with van der Waals surface area (Å²) < 4.78 is 6.22. The average molecular weight is 332 g/mol. The monoisotopic (exact) mass is 331 g/mol. The predicted octanol–water partition coefficient (Wildman–Crippen LogP) is 3.50. The normalized spacial score (nSPS) is 12.4. The van der Waals surface area contributed by atoms with Gasteiger partial charge in [0.1, 0.15) is 0 Å². The van der Waals surface area contributed by atoms with E-state index in [9.17, 15) is 4.79 Å². The topological polar surface area (TPSA) is 64.1 Å². The van der Waals surface area contributed by atoms with Crippen molar-refractivity contribution in [2.45, 2.75) is 69.9 Å². The van der Waals surface area contributed by atoms with Crippen molar-refractivity contribution in [3.8, 4) is 5.19 Å². The number of carbonyl (C=O) groups excluding carboxylic acids is 1. The summed E-state index contributed by atoms with van der Waals surface area (Å²) in [6.07, 6.45) is 4.71. The van der Waals surface area contributed by atoms with Gasteiger partial charge in [-0.2, -0.15) is 0 Å². The van der Waals surface area contributed by atoms with E-state index in [1.807, 2.05) is 13.8 Å². The smallest absolute Gasteiger partial charge is 0.295 e. The predicted molar refractivity (Wildman–Crippen MR) is 88.1 cm³/mol. The van der Waals surface area contributed by atoms with E-state index >= 15 is 0 Å². The van der Waals surface area contributed by atoms with E-state index in [1.54, 1.807) is 0 Å². The Bertz CT molecular complexity index is 424. The molecule has 1 rings (SSSR count). The standard InChI is InChI=1S/C14H25N3O2S2/c1-5-6-7-8-11(4)15-12(18)9-20-14-17-16-13(21-14)19-10(2)3/h10-11H,5-9H2,1-4H3,(H,15,18). The highest BCUT2D eigenvalue weighted by Gasteiger charge is 2.11. The van der Waals surface area contributed by atoms with E-state index in [0.29, 0.717) is 10.9 Å². The molecule has 0 aromatic carbocycles. The SMILES string of the molecule is CCCCCC(C)NC(=O)CSc1nnc(OC(C)C)s1. The second kappa shape index (κ2) is 10.00. The van der Waals surface area contributed by atoms with E-state index in [1.165, 1.54) is 35.9 Å². The number of carbonyl (C=O) groups is 1. The van der Waals surface area contributed by atoms with Crippen LogP contribution in [-0.4, -0.2) is 34.0 Å². The molecule has 0 spiro atoms. The Hall–Kier alpha value is -0.820. The number of hydrogen-bond donors (Lipinski definition) is 1. The van der Waals surface area contributed by atoms with Gasteiger partial charge in [0.15, 0.2) is 4.34 Å². The molecular formula is C14H25N3O2S2. The number of aromatic nitrogens is 2. The number of amides is 1. The summed E-state index contributed by atoms with van der Waals surface area (Å²) in [5.74, 6) is 0.416. The molecule has 1 aromatic heterocycles. The molecule has 0 saturated carbocycles. The quantitative estimate of drug-likeness (QED) is 0.525. The van der Waals surface area contributed by atoms with Gasteiger partial charge in [-0.15, -0.1) is 5.10 Å². The van der Waals surface area contributed by atoms with Gasteiger partial charge in [0.25, 0.3) is 5.19 Å². The molecule has 21 heavy (non-hydrogen) atoms. The third kappa shape index (κ3) is 8.26. The van der Waals surface area contributed by atoms with Crippen molar-refractivity contribution in [3.05, 3.63) is 0 Å². The van der Waals surface area contributed by atoms with E-state index in [-0.39, 0.29) is 18.1 Å². The summed E-state index contributed by atoms with van der Waals surface area (Å²) in [6.45, 7) is 8.13. The fourth-order valence-corrected chi connectivity index (χ4v) is 3.34. The van der Waals surface area contributed by atoms with Crippen molar-refractivity contribution in [2.75, 3.05) is 5.75 Å². The highest BCUT2D eigenvalue weighted by molar-refractivity contribution is 8.01. The average Bonchev–Trinajstić information content (AvgIpc) is 2.83. The molecule has 120 valence electrons. The van der Waals surface area contributed by atoms with Crippen LogP contribution in [-0.2, 0) is 4.79 Å². The first-order valence-electron chi connectivity index (χ1n) is 7.43. The number of nitrogens with one attached hydrogen (secondary N) is 1. The number of ether oxygens (including phenoxy) is 1. The minimum Gasteiger partial charge on any atom is -0.466 e. The Morgan fingerprint density at radius 3 is 2.76 bits per heavy atom. The molecule has 1 N–H and O–H groups in total. The summed E-state index contributed by atoms with van der Waals surface area (Å²) in [7, 11) is 0. The number of rotatable bonds is 10. The maximum atomic E-state index is 11.8. The van der Waals surface area contributed by atoms with Gasteiger partial charge in [0.2, 0.25) is 5.91 Å². The molecule has 0 fully saturated rings. The van der Waals surface area contributed by atoms with E-state index in [4.69, 9.17) is 4.74 Å². The fourth-order valence-electron chi connectivity index (χ4n) is 1.72. The van der Waals surface area contributed by atoms with Crippen molar-refractivity contribution in [3.63, 3.8) is 0 Å². The molecule has 0 radical (unpaired) electrons. The van der Waals surface area contributed by atoms with Crippen LogP contribution in [0.5, 0.6) is 5.19 Å². The largest absolute Gasteiger partial charge is 0.466 e. The van der Waals surface area contributed by atoms with Crippen molar-refractivity contribution in [1.29, 1.82) is 0 Å². The lowest BCUT2D eigenvalue weighted by Crippen LogP contribution is -2.33. The summed E-state index contributed by atoms with van der Waals surface area (Å²) in [4.78, 5) is 11.8. The van der Waals surface area contributed by atoms with Crippen molar-refractivity contribution < 1.29 is 9.53 Å². The van der Waals surface area contributed by atoms with Gasteiger partial charge in [0, 0.05) is 6.04 Å². The summed E-state index contributed by atoms with van der Waals surface area (Å²) in [5, 5.41) is 11.5. The van der Waals surface area contributed by atoms with Crippen LogP contribution in [0.4, 0.5) is 0 Å². The van der Waals surface area contributed by atoms with Crippen LogP contribution in [0.25, 0.3) is 0 Å². The van der Waals surface area contributed by atoms with Crippen molar-refractivity contribution >= 4 is 29.0 Å². The Labute approximate surface area is 135 Å². The van der Waals surface area contributed by atoms with Crippen LogP contribution in [0.3, 0.4) is 0 Å². The molecule has 1 aromatic rings. The van der Waals surface area contributed by atoms with Crippen molar-refractivity contribution in [2.24, 2.45) is 0 Å². The van der Waals surface area contributed by atoms with E-state index in [0.717, 1.165) is 17.2 Å². The molecule has 1 amide bonds. The first-order chi connectivity index (χ1) is 10.0. The van der Waals surface area contributed by atoms with E-state index < -0.39 is 0 Å². The molecule has 1 atom stereocenters. The van der Waals surface area contributed by atoms with Gasteiger partial charge in [0.05, 0.1) is 11.9 Å². The summed E-state index contributed by atoms with van der Waals surface area (Å²) >= 11 is 2.78. The van der Waals surface area contributed by atoms with Crippen LogP contribution in [0.1, 0.15) is 53.4 Å². The maximum absolute atomic E-state index is 11.8. The molecule has 1 heterocycles. The molecule has 5 nitrogen and oxygen atoms in total. The second-order valence-electron chi connectivity index (χ2n) is 5.25. The van der Waals surface area contributed by atoms with Gasteiger partial charge in [-0.3, -0.25) is 4.79 Å². The van der Waals surface area contributed by atoms with Crippen LogP contribution >= 0.6 is 23.1 Å². The van der Waals surface area contributed by atoms with Gasteiger partial charge >= 0.3 is 0 Å². The maximum Gasteiger partial charge on any atom is 0.295 e. The molecule has 0 aliphatic carbocycles.